The Kier molecular flexibility index (Phi) is 4.10. The molecule has 2 unspecified atom stereocenters. The van der Waals surface area contributed by atoms with Crippen LogP contribution in [0, 0.1) is 12.8 Å². The molecule has 1 aromatic carbocycles. The topological polar surface area (TPSA) is 20.3 Å². The van der Waals surface area contributed by atoms with E-state index in [2.05, 4.69) is 29.8 Å². The number of carbonyl (C=O) groups excluding carboxylic acids is 1. The van der Waals surface area contributed by atoms with E-state index in [1.807, 2.05) is 30.0 Å². The van der Waals surface area contributed by atoms with Crippen LogP contribution in [0.5, 0.6) is 0 Å². The molecule has 2 atom stereocenters. The van der Waals surface area contributed by atoms with Crippen molar-refractivity contribution in [3.63, 3.8) is 0 Å². The van der Waals surface area contributed by atoms with Gasteiger partial charge in [0.1, 0.15) is 0 Å². The molecule has 1 saturated heterocycles. The third-order valence-corrected chi connectivity index (χ3v) is 4.99. The maximum Gasteiger partial charge on any atom is 0.254 e. The zero-order valence-electron chi connectivity index (χ0n) is 11.2. The van der Waals surface area contributed by atoms with Crippen molar-refractivity contribution in [2.75, 3.05) is 6.54 Å². The van der Waals surface area contributed by atoms with E-state index in [0.29, 0.717) is 12.0 Å². The van der Waals surface area contributed by atoms with Gasteiger partial charge in [0.2, 0.25) is 0 Å². The first-order valence-corrected chi connectivity index (χ1v) is 7.37. The third-order valence-electron chi connectivity index (χ3n) is 4.13. The van der Waals surface area contributed by atoms with Crippen molar-refractivity contribution in [2.24, 2.45) is 5.92 Å². The van der Waals surface area contributed by atoms with Crippen LogP contribution in [-0.4, -0.2) is 23.4 Å². The Hall–Kier alpha value is -0.830. The van der Waals surface area contributed by atoms with Crippen LogP contribution < -0.4 is 0 Å². The molecule has 0 bridgehead atoms. The second-order valence-electron chi connectivity index (χ2n) is 5.27. The second kappa shape index (κ2) is 5.43. The Morgan fingerprint density at radius 3 is 2.83 bits per heavy atom. The number of rotatable bonds is 1. The molecule has 2 rings (SSSR count). The summed E-state index contributed by atoms with van der Waals surface area (Å²) < 4.78 is 1.01. The maximum absolute atomic E-state index is 12.6. The largest absolute Gasteiger partial charge is 0.336 e. The average Bonchev–Trinajstić information content (AvgIpc) is 2.35. The number of hydrogen-bond acceptors (Lipinski definition) is 1. The van der Waals surface area contributed by atoms with Crippen LogP contribution in [0.25, 0.3) is 0 Å². The molecule has 0 radical (unpaired) electrons. The fourth-order valence-corrected chi connectivity index (χ4v) is 2.98. The standard InChI is InChI=1S/C15H20BrNO/c1-10-6-5-9-17(12(10)3)15(18)13-7-4-8-14(16)11(13)2/h4,7-8,10,12H,5-6,9H2,1-3H3. The van der Waals surface area contributed by atoms with E-state index in [9.17, 15) is 4.79 Å². The van der Waals surface area contributed by atoms with Crippen molar-refractivity contribution in [1.29, 1.82) is 0 Å². The molecule has 0 N–H and O–H groups in total. The summed E-state index contributed by atoms with van der Waals surface area (Å²) in [6.45, 7) is 7.28. The number of nitrogens with zero attached hydrogens (tertiary/aromatic N) is 1. The summed E-state index contributed by atoms with van der Waals surface area (Å²) in [5.74, 6) is 0.767. The Morgan fingerprint density at radius 1 is 1.39 bits per heavy atom. The van der Waals surface area contributed by atoms with Crippen LogP contribution in [-0.2, 0) is 0 Å². The van der Waals surface area contributed by atoms with Crippen LogP contribution in [0.4, 0.5) is 0 Å². The molecule has 18 heavy (non-hydrogen) atoms. The highest BCUT2D eigenvalue weighted by Crippen LogP contribution is 2.27. The van der Waals surface area contributed by atoms with Gasteiger partial charge >= 0.3 is 0 Å². The van der Waals surface area contributed by atoms with Gasteiger partial charge in [-0.2, -0.15) is 0 Å². The van der Waals surface area contributed by atoms with E-state index in [4.69, 9.17) is 0 Å². The number of piperidine rings is 1. The van der Waals surface area contributed by atoms with Gasteiger partial charge < -0.3 is 4.90 Å². The lowest BCUT2D eigenvalue weighted by Crippen LogP contribution is -2.46. The third kappa shape index (κ3) is 2.46. The second-order valence-corrected chi connectivity index (χ2v) is 6.13. The molecular weight excluding hydrogens is 290 g/mol. The van der Waals surface area contributed by atoms with Gasteiger partial charge in [0.25, 0.3) is 5.91 Å². The summed E-state index contributed by atoms with van der Waals surface area (Å²) >= 11 is 3.49. The highest BCUT2D eigenvalue weighted by Gasteiger charge is 2.29. The van der Waals surface area contributed by atoms with E-state index in [1.54, 1.807) is 0 Å². The highest BCUT2D eigenvalue weighted by atomic mass is 79.9. The molecule has 1 aromatic rings. The van der Waals surface area contributed by atoms with Crippen molar-refractivity contribution in [1.82, 2.24) is 4.90 Å². The van der Waals surface area contributed by atoms with Crippen LogP contribution in [0.2, 0.25) is 0 Å². The molecule has 2 nitrogen and oxygen atoms in total. The number of carbonyl (C=O) groups is 1. The smallest absolute Gasteiger partial charge is 0.254 e. The summed E-state index contributed by atoms with van der Waals surface area (Å²) in [5.41, 5.74) is 1.86. The summed E-state index contributed by atoms with van der Waals surface area (Å²) in [5, 5.41) is 0. The number of amides is 1. The van der Waals surface area contributed by atoms with Gasteiger partial charge in [-0.3, -0.25) is 4.79 Å². The molecule has 0 aliphatic carbocycles. The van der Waals surface area contributed by atoms with Crippen LogP contribution in [0.3, 0.4) is 0 Å². The molecule has 1 amide bonds. The minimum Gasteiger partial charge on any atom is -0.336 e. The monoisotopic (exact) mass is 309 g/mol. The number of likely N-dealkylation sites (tertiary alicyclic amines) is 1. The zero-order chi connectivity index (χ0) is 13.3. The molecule has 1 fully saturated rings. The first-order chi connectivity index (χ1) is 8.52. The molecule has 1 heterocycles. The molecule has 1 aliphatic rings. The van der Waals surface area contributed by atoms with Crippen molar-refractivity contribution in [2.45, 2.75) is 39.7 Å². The number of benzene rings is 1. The summed E-state index contributed by atoms with van der Waals surface area (Å²) in [6.07, 6.45) is 2.34. The normalized spacial score (nSPS) is 24.1. The predicted molar refractivity (Wildman–Crippen MR) is 77.8 cm³/mol. The summed E-state index contributed by atoms with van der Waals surface area (Å²) in [6, 6.07) is 6.18. The van der Waals surface area contributed by atoms with E-state index >= 15 is 0 Å². The number of halogens is 1. The van der Waals surface area contributed by atoms with E-state index < -0.39 is 0 Å². The Labute approximate surface area is 117 Å². The molecule has 98 valence electrons. The Bertz CT molecular complexity index is 458. The van der Waals surface area contributed by atoms with Crippen molar-refractivity contribution in [3.8, 4) is 0 Å². The molecular formula is C15H20BrNO. The van der Waals surface area contributed by atoms with Gasteiger partial charge in [0.05, 0.1) is 0 Å². The summed E-state index contributed by atoms with van der Waals surface area (Å²) in [4.78, 5) is 14.7. The van der Waals surface area contributed by atoms with Crippen LogP contribution >= 0.6 is 15.9 Å². The fraction of sp³-hybridized carbons (Fsp3) is 0.533. The van der Waals surface area contributed by atoms with Crippen LogP contribution in [0.1, 0.15) is 42.6 Å². The lowest BCUT2D eigenvalue weighted by Gasteiger charge is -2.38. The molecule has 0 aromatic heterocycles. The van der Waals surface area contributed by atoms with Crippen molar-refractivity contribution < 1.29 is 4.79 Å². The quantitative estimate of drug-likeness (QED) is 0.767. The highest BCUT2D eigenvalue weighted by molar-refractivity contribution is 9.10. The molecule has 0 spiro atoms. The molecule has 1 aliphatic heterocycles. The van der Waals surface area contributed by atoms with Crippen molar-refractivity contribution >= 4 is 21.8 Å². The maximum atomic E-state index is 12.6. The number of hydrogen-bond donors (Lipinski definition) is 0. The van der Waals surface area contributed by atoms with Gasteiger partial charge in [0, 0.05) is 22.6 Å². The SMILES string of the molecule is Cc1c(Br)cccc1C(=O)N1CCCC(C)C1C. The lowest BCUT2D eigenvalue weighted by atomic mass is 9.91. The molecule has 0 saturated carbocycles. The van der Waals surface area contributed by atoms with E-state index in [-0.39, 0.29) is 5.91 Å². The van der Waals surface area contributed by atoms with Crippen LogP contribution in [0.15, 0.2) is 22.7 Å². The molecule has 3 heteroatoms. The lowest BCUT2D eigenvalue weighted by molar-refractivity contribution is 0.0550. The van der Waals surface area contributed by atoms with Gasteiger partial charge in [-0.25, -0.2) is 0 Å². The van der Waals surface area contributed by atoms with Gasteiger partial charge in [-0.1, -0.05) is 28.9 Å². The minimum atomic E-state index is 0.174. The average molecular weight is 310 g/mol. The van der Waals surface area contributed by atoms with E-state index in [0.717, 1.165) is 28.6 Å². The Balaban J connectivity index is 2.28. The van der Waals surface area contributed by atoms with E-state index in [1.165, 1.54) is 6.42 Å². The van der Waals surface area contributed by atoms with Crippen molar-refractivity contribution in [3.05, 3.63) is 33.8 Å². The van der Waals surface area contributed by atoms with Gasteiger partial charge in [0.15, 0.2) is 0 Å². The zero-order valence-corrected chi connectivity index (χ0v) is 12.8. The first-order valence-electron chi connectivity index (χ1n) is 6.58. The summed E-state index contributed by atoms with van der Waals surface area (Å²) in [7, 11) is 0. The Morgan fingerprint density at radius 2 is 2.11 bits per heavy atom. The fourth-order valence-electron chi connectivity index (χ4n) is 2.62. The van der Waals surface area contributed by atoms with Gasteiger partial charge in [-0.05, 0) is 50.3 Å². The minimum absolute atomic E-state index is 0.174. The first kappa shape index (κ1) is 13.6. The van der Waals surface area contributed by atoms with Gasteiger partial charge in [-0.15, -0.1) is 0 Å². The predicted octanol–water partition coefficient (Wildman–Crippen LogP) is 4.02.